The van der Waals surface area contributed by atoms with E-state index in [0.717, 1.165) is 5.69 Å². The van der Waals surface area contributed by atoms with Gasteiger partial charge in [-0.25, -0.2) is 4.79 Å². The monoisotopic (exact) mass is 172 g/mol. The maximum absolute atomic E-state index is 10.2. The number of aromatic nitrogens is 2. The van der Waals surface area contributed by atoms with Gasteiger partial charge in [-0.3, -0.25) is 9.82 Å². The Morgan fingerprint density at radius 2 is 2.73 bits per heavy atom. The molecule has 0 saturated heterocycles. The first-order valence-electron chi connectivity index (χ1n) is 2.95. The van der Waals surface area contributed by atoms with E-state index in [1.807, 2.05) is 6.07 Å². The second-order valence-electron chi connectivity index (χ2n) is 1.82. The van der Waals surface area contributed by atoms with Gasteiger partial charge in [-0.05, 0) is 18.0 Å². The Morgan fingerprint density at radius 3 is 3.27 bits per heavy atom. The molecule has 6 heteroatoms. The largest absolute Gasteiger partial charge is 0.351 e. The summed E-state index contributed by atoms with van der Waals surface area (Å²) in [5.74, 6) is 0.618. The molecule has 0 radical (unpaired) electrons. The molecule has 0 aliphatic heterocycles. The Bertz CT molecular complexity index is 222. The molecule has 0 spiro atoms. The van der Waals surface area contributed by atoms with Crippen LogP contribution in [-0.4, -0.2) is 16.2 Å². The van der Waals surface area contributed by atoms with Gasteiger partial charge >= 0.3 is 6.03 Å². The third kappa shape index (κ3) is 2.94. The van der Waals surface area contributed by atoms with Gasteiger partial charge in [0.05, 0.1) is 11.4 Å². The van der Waals surface area contributed by atoms with Crippen molar-refractivity contribution in [2.75, 3.05) is 0 Å². The van der Waals surface area contributed by atoms with Crippen LogP contribution in [0.2, 0.25) is 0 Å². The van der Waals surface area contributed by atoms with Gasteiger partial charge in [-0.1, -0.05) is 0 Å². The quantitative estimate of drug-likeness (QED) is 0.570. The maximum Gasteiger partial charge on any atom is 0.322 e. The molecule has 0 unspecified atom stereocenters. The molecule has 1 aromatic heterocycles. The minimum atomic E-state index is -0.537. The smallest absolute Gasteiger partial charge is 0.322 e. The molecule has 1 aromatic rings. The summed E-state index contributed by atoms with van der Waals surface area (Å²) in [4.78, 5) is 10.2. The van der Waals surface area contributed by atoms with Crippen LogP contribution in [0.4, 0.5) is 4.79 Å². The molecule has 0 aromatic carbocycles. The van der Waals surface area contributed by atoms with E-state index in [1.165, 1.54) is 11.9 Å². The lowest BCUT2D eigenvalue weighted by molar-refractivity contribution is 0.254. The first-order chi connectivity index (χ1) is 5.29. The Hall–Kier alpha value is -1.17. The fraction of sp³-hybridized carbons (Fsp3) is 0.200. The molecule has 5 nitrogen and oxygen atoms in total. The molecule has 0 fully saturated rings. The molecule has 11 heavy (non-hydrogen) atoms. The van der Waals surface area contributed by atoms with Crippen LogP contribution in [0.25, 0.3) is 0 Å². The van der Waals surface area contributed by atoms with Gasteiger partial charge in [-0.15, -0.1) is 0 Å². The summed E-state index contributed by atoms with van der Waals surface area (Å²) in [6, 6.07) is 1.29. The van der Waals surface area contributed by atoms with Gasteiger partial charge in [0.25, 0.3) is 0 Å². The third-order valence-corrected chi connectivity index (χ3v) is 1.74. The van der Waals surface area contributed by atoms with E-state index in [-0.39, 0.29) is 0 Å². The number of nitrogens with two attached hydrogens (primary N) is 1. The van der Waals surface area contributed by atoms with Crippen molar-refractivity contribution in [3.63, 3.8) is 0 Å². The molecule has 1 heterocycles. The SMILES string of the molecule is NC(=O)NSCc1cc[nH]n1. The van der Waals surface area contributed by atoms with Crippen LogP contribution < -0.4 is 10.5 Å². The van der Waals surface area contributed by atoms with E-state index in [4.69, 9.17) is 5.73 Å². The standard InChI is InChI=1S/C5H8N4OS/c6-5(10)9-11-3-4-1-2-7-8-4/h1-2H,3H2,(H,7,8)(H3,6,9,10). The average molecular weight is 172 g/mol. The van der Waals surface area contributed by atoms with E-state index < -0.39 is 6.03 Å². The van der Waals surface area contributed by atoms with Crippen LogP contribution in [-0.2, 0) is 5.75 Å². The van der Waals surface area contributed by atoms with Crippen LogP contribution in [0, 0.1) is 0 Å². The van der Waals surface area contributed by atoms with Crippen molar-refractivity contribution in [1.29, 1.82) is 0 Å². The summed E-state index contributed by atoms with van der Waals surface area (Å²) in [5, 5.41) is 6.54. The molecule has 0 atom stereocenters. The second kappa shape index (κ2) is 3.87. The van der Waals surface area contributed by atoms with Crippen molar-refractivity contribution < 1.29 is 4.79 Å². The van der Waals surface area contributed by atoms with Gasteiger partial charge in [0.15, 0.2) is 0 Å². The third-order valence-electron chi connectivity index (χ3n) is 0.951. The van der Waals surface area contributed by atoms with Crippen molar-refractivity contribution in [2.24, 2.45) is 5.73 Å². The lowest BCUT2D eigenvalue weighted by Gasteiger charge is -1.96. The van der Waals surface area contributed by atoms with Crippen LogP contribution in [0.1, 0.15) is 5.69 Å². The first kappa shape index (κ1) is 7.93. The number of nitrogens with one attached hydrogen (secondary N) is 2. The number of hydrogen-bond donors (Lipinski definition) is 3. The molecule has 4 N–H and O–H groups in total. The summed E-state index contributed by atoms with van der Waals surface area (Å²) in [7, 11) is 0. The lowest BCUT2D eigenvalue weighted by Crippen LogP contribution is -2.23. The Labute approximate surface area is 67.9 Å². The van der Waals surface area contributed by atoms with E-state index in [9.17, 15) is 4.79 Å². The highest BCUT2D eigenvalue weighted by atomic mass is 32.2. The van der Waals surface area contributed by atoms with Crippen molar-refractivity contribution in [3.05, 3.63) is 18.0 Å². The molecular weight excluding hydrogens is 164 g/mol. The topological polar surface area (TPSA) is 83.8 Å². The maximum atomic E-state index is 10.2. The minimum absolute atomic E-state index is 0.537. The Morgan fingerprint density at radius 1 is 1.91 bits per heavy atom. The van der Waals surface area contributed by atoms with Crippen molar-refractivity contribution >= 4 is 18.0 Å². The molecule has 0 aliphatic carbocycles. The molecule has 1 rings (SSSR count). The van der Waals surface area contributed by atoms with Gasteiger partial charge in [0.2, 0.25) is 0 Å². The molecule has 0 bridgehead atoms. The minimum Gasteiger partial charge on any atom is -0.351 e. The predicted molar refractivity (Wildman–Crippen MR) is 42.6 cm³/mol. The zero-order chi connectivity index (χ0) is 8.10. The van der Waals surface area contributed by atoms with Crippen molar-refractivity contribution in [2.45, 2.75) is 5.75 Å². The number of primary amides is 1. The summed E-state index contributed by atoms with van der Waals surface area (Å²) in [6.07, 6.45) is 1.72. The van der Waals surface area contributed by atoms with E-state index in [0.29, 0.717) is 5.75 Å². The van der Waals surface area contributed by atoms with E-state index in [2.05, 4.69) is 14.9 Å². The summed E-state index contributed by atoms with van der Waals surface area (Å²) >= 11 is 1.21. The summed E-state index contributed by atoms with van der Waals surface area (Å²) in [6.45, 7) is 0. The fourth-order valence-corrected chi connectivity index (χ4v) is 1.08. The number of hydrogen-bond acceptors (Lipinski definition) is 3. The summed E-state index contributed by atoms with van der Waals surface area (Å²) < 4.78 is 2.39. The molecule has 0 saturated carbocycles. The number of amides is 2. The lowest BCUT2D eigenvalue weighted by atomic mass is 10.5. The van der Waals surface area contributed by atoms with Crippen LogP contribution >= 0.6 is 11.9 Å². The highest BCUT2D eigenvalue weighted by Crippen LogP contribution is 2.03. The predicted octanol–water partition coefficient (Wildman–Crippen LogP) is 0.226. The van der Waals surface area contributed by atoms with Gasteiger partial charge in [0, 0.05) is 6.20 Å². The fourth-order valence-electron chi connectivity index (χ4n) is 0.552. The second-order valence-corrected chi connectivity index (χ2v) is 2.60. The first-order valence-corrected chi connectivity index (χ1v) is 3.93. The molecule has 0 aliphatic rings. The molecule has 2 amide bonds. The zero-order valence-corrected chi connectivity index (χ0v) is 6.52. The number of H-pyrrole nitrogens is 1. The Balaban J connectivity index is 2.19. The molecular formula is C5H8N4OS. The zero-order valence-electron chi connectivity index (χ0n) is 5.70. The van der Waals surface area contributed by atoms with E-state index >= 15 is 0 Å². The Kier molecular flexibility index (Phi) is 2.79. The van der Waals surface area contributed by atoms with Crippen LogP contribution in [0.5, 0.6) is 0 Å². The van der Waals surface area contributed by atoms with Crippen LogP contribution in [0.15, 0.2) is 12.3 Å². The number of nitrogens with zero attached hydrogens (tertiary/aromatic N) is 1. The van der Waals surface area contributed by atoms with Crippen LogP contribution in [0.3, 0.4) is 0 Å². The van der Waals surface area contributed by atoms with E-state index in [1.54, 1.807) is 6.20 Å². The van der Waals surface area contributed by atoms with Gasteiger partial charge in [-0.2, -0.15) is 5.10 Å². The summed E-state index contributed by atoms with van der Waals surface area (Å²) in [5.41, 5.74) is 5.71. The number of rotatable bonds is 3. The highest BCUT2D eigenvalue weighted by Gasteiger charge is 1.95. The average Bonchev–Trinajstić information content (AvgIpc) is 2.39. The number of aromatic amines is 1. The van der Waals surface area contributed by atoms with Crippen molar-refractivity contribution in [3.8, 4) is 0 Å². The normalized spacial score (nSPS) is 9.45. The van der Waals surface area contributed by atoms with Gasteiger partial charge < -0.3 is 5.73 Å². The number of carbonyl (C=O) groups excluding carboxylic acids is 1. The number of carbonyl (C=O) groups is 1. The number of urea groups is 1. The van der Waals surface area contributed by atoms with Crippen molar-refractivity contribution in [1.82, 2.24) is 14.9 Å². The van der Waals surface area contributed by atoms with Gasteiger partial charge in [0.1, 0.15) is 0 Å². The highest BCUT2D eigenvalue weighted by molar-refractivity contribution is 7.97. The molecule has 60 valence electrons.